The molecule has 21 heavy (non-hydrogen) atoms. The van der Waals surface area contributed by atoms with Crippen LogP contribution in [0.1, 0.15) is 39.2 Å². The van der Waals surface area contributed by atoms with Gasteiger partial charge >= 0.3 is 0 Å². The maximum Gasteiger partial charge on any atom is 0.154 e. The Hall–Kier alpha value is -1.19. The fourth-order valence-corrected chi connectivity index (χ4v) is 2.81. The number of hydrogen-bond donors (Lipinski definition) is 2. The number of carbonyl (C=O) groups excluding carboxylic acids is 1. The van der Waals surface area contributed by atoms with Crippen molar-refractivity contribution in [1.82, 2.24) is 10.6 Å². The van der Waals surface area contributed by atoms with E-state index in [0.717, 1.165) is 18.5 Å². The van der Waals surface area contributed by atoms with E-state index in [-0.39, 0.29) is 6.04 Å². The highest BCUT2D eigenvalue weighted by atomic mass is 16.1. The predicted octanol–water partition coefficient (Wildman–Crippen LogP) is 2.55. The molecule has 0 bridgehead atoms. The normalized spacial score (nSPS) is 22.3. The molecular weight excluding hydrogens is 260 g/mol. The second-order valence-electron chi connectivity index (χ2n) is 6.51. The molecule has 1 aliphatic heterocycles. The minimum atomic E-state index is -0.0230. The molecule has 0 spiro atoms. The molecule has 1 aromatic carbocycles. The van der Waals surface area contributed by atoms with E-state index in [0.29, 0.717) is 30.2 Å². The Morgan fingerprint density at radius 2 is 1.95 bits per heavy atom. The molecule has 3 nitrogen and oxygen atoms in total. The van der Waals surface area contributed by atoms with Gasteiger partial charge in [-0.25, -0.2) is 0 Å². The van der Waals surface area contributed by atoms with Crippen LogP contribution in [0.4, 0.5) is 0 Å². The summed E-state index contributed by atoms with van der Waals surface area (Å²) in [6, 6.07) is 11.2. The lowest BCUT2D eigenvalue weighted by molar-refractivity contribution is -0.120. The van der Waals surface area contributed by atoms with Crippen molar-refractivity contribution in [1.29, 1.82) is 0 Å². The molecule has 116 valence electrons. The van der Waals surface area contributed by atoms with Crippen LogP contribution in [0.15, 0.2) is 30.3 Å². The van der Waals surface area contributed by atoms with Crippen LogP contribution in [0.3, 0.4) is 0 Å². The van der Waals surface area contributed by atoms with Crippen LogP contribution >= 0.6 is 0 Å². The molecule has 1 aromatic rings. The van der Waals surface area contributed by atoms with E-state index in [2.05, 4.69) is 31.4 Å². The van der Waals surface area contributed by atoms with E-state index >= 15 is 0 Å². The molecule has 2 rings (SSSR count). The molecule has 1 fully saturated rings. The first-order valence-corrected chi connectivity index (χ1v) is 8.16. The van der Waals surface area contributed by atoms with Gasteiger partial charge in [0.2, 0.25) is 0 Å². The summed E-state index contributed by atoms with van der Waals surface area (Å²) < 4.78 is 0. The second kappa shape index (κ2) is 7.71. The van der Waals surface area contributed by atoms with Gasteiger partial charge in [-0.3, -0.25) is 4.79 Å². The Bertz CT molecular complexity index is 444. The van der Waals surface area contributed by atoms with E-state index in [9.17, 15) is 4.79 Å². The van der Waals surface area contributed by atoms with Gasteiger partial charge in [-0.2, -0.15) is 0 Å². The summed E-state index contributed by atoms with van der Waals surface area (Å²) >= 11 is 0. The first-order valence-electron chi connectivity index (χ1n) is 8.16. The average Bonchev–Trinajstić information content (AvgIpc) is 3.22. The molecule has 3 atom stereocenters. The highest BCUT2D eigenvalue weighted by Crippen LogP contribution is 2.15. The fraction of sp³-hybridized carbons (Fsp3) is 0.611. The SMILES string of the molecule is CC[C@H]1N[C@@H]1CN[C@@H](CC(C)C)C(=O)Cc1ccccc1. The van der Waals surface area contributed by atoms with Gasteiger partial charge in [0.1, 0.15) is 0 Å². The first kappa shape index (κ1) is 16.2. The van der Waals surface area contributed by atoms with E-state index in [1.807, 2.05) is 30.3 Å². The Morgan fingerprint density at radius 1 is 1.24 bits per heavy atom. The lowest BCUT2D eigenvalue weighted by Crippen LogP contribution is -2.41. The first-order chi connectivity index (χ1) is 10.1. The molecule has 1 saturated heterocycles. The van der Waals surface area contributed by atoms with Gasteiger partial charge in [0.05, 0.1) is 6.04 Å². The minimum absolute atomic E-state index is 0.0230. The Morgan fingerprint density at radius 3 is 2.52 bits per heavy atom. The highest BCUT2D eigenvalue weighted by Gasteiger charge is 2.34. The molecule has 2 N–H and O–H groups in total. The third-order valence-corrected chi connectivity index (χ3v) is 4.15. The summed E-state index contributed by atoms with van der Waals surface area (Å²) in [5.74, 6) is 0.833. The Kier molecular flexibility index (Phi) is 5.95. The zero-order valence-electron chi connectivity index (χ0n) is 13.4. The largest absolute Gasteiger partial charge is 0.307 e. The van der Waals surface area contributed by atoms with E-state index in [1.165, 1.54) is 6.42 Å². The standard InChI is InChI=1S/C18H28N2O/c1-4-15-17(20-15)12-19-16(10-13(2)3)18(21)11-14-8-6-5-7-9-14/h5-9,13,15-17,19-20H,4,10-12H2,1-3H3/t15-,16+,17-/m1/s1. The molecule has 0 unspecified atom stereocenters. The van der Waals surface area contributed by atoms with Gasteiger partial charge in [0.25, 0.3) is 0 Å². The average molecular weight is 288 g/mol. The van der Waals surface area contributed by atoms with E-state index in [1.54, 1.807) is 0 Å². The maximum atomic E-state index is 12.5. The topological polar surface area (TPSA) is 51.0 Å². The smallest absolute Gasteiger partial charge is 0.154 e. The molecule has 0 saturated carbocycles. The van der Waals surface area contributed by atoms with Crippen LogP contribution in [0.25, 0.3) is 0 Å². The second-order valence-corrected chi connectivity index (χ2v) is 6.51. The van der Waals surface area contributed by atoms with Crippen LogP contribution in [-0.4, -0.2) is 30.5 Å². The van der Waals surface area contributed by atoms with Gasteiger partial charge in [-0.15, -0.1) is 0 Å². The van der Waals surface area contributed by atoms with Crippen LogP contribution in [0.2, 0.25) is 0 Å². The number of nitrogens with one attached hydrogen (secondary N) is 2. The van der Waals surface area contributed by atoms with E-state index < -0.39 is 0 Å². The summed E-state index contributed by atoms with van der Waals surface area (Å²) in [6.07, 6.45) is 2.61. The Labute approximate surface area is 128 Å². The lowest BCUT2D eigenvalue weighted by Gasteiger charge is -2.19. The summed E-state index contributed by atoms with van der Waals surface area (Å²) in [6.45, 7) is 7.45. The van der Waals surface area contributed by atoms with Gasteiger partial charge in [-0.05, 0) is 24.3 Å². The number of carbonyl (C=O) groups is 1. The third-order valence-electron chi connectivity index (χ3n) is 4.15. The molecule has 1 heterocycles. The predicted molar refractivity (Wildman–Crippen MR) is 87.4 cm³/mol. The maximum absolute atomic E-state index is 12.5. The van der Waals surface area contributed by atoms with Gasteiger partial charge < -0.3 is 10.6 Å². The van der Waals surface area contributed by atoms with Crippen molar-refractivity contribution in [3.05, 3.63) is 35.9 Å². The van der Waals surface area contributed by atoms with Crippen LogP contribution in [-0.2, 0) is 11.2 Å². The van der Waals surface area contributed by atoms with Crippen molar-refractivity contribution >= 4 is 5.78 Å². The molecule has 0 radical (unpaired) electrons. The summed E-state index contributed by atoms with van der Waals surface area (Å²) in [4.78, 5) is 12.5. The van der Waals surface area contributed by atoms with Crippen molar-refractivity contribution in [2.45, 2.75) is 58.2 Å². The Balaban J connectivity index is 1.87. The molecule has 1 aliphatic rings. The van der Waals surface area contributed by atoms with Crippen LogP contribution < -0.4 is 10.6 Å². The zero-order chi connectivity index (χ0) is 15.2. The summed E-state index contributed by atoms with van der Waals surface area (Å²) in [7, 11) is 0. The quantitative estimate of drug-likeness (QED) is 0.687. The van der Waals surface area contributed by atoms with E-state index in [4.69, 9.17) is 0 Å². The van der Waals surface area contributed by atoms with Crippen molar-refractivity contribution < 1.29 is 4.79 Å². The monoisotopic (exact) mass is 288 g/mol. The molecule has 0 amide bonds. The van der Waals surface area contributed by atoms with Crippen LogP contribution in [0.5, 0.6) is 0 Å². The zero-order valence-corrected chi connectivity index (χ0v) is 13.4. The number of hydrogen-bond acceptors (Lipinski definition) is 3. The molecule has 3 heteroatoms. The van der Waals surface area contributed by atoms with Crippen molar-refractivity contribution in [3.8, 4) is 0 Å². The molecule has 0 aromatic heterocycles. The fourth-order valence-electron chi connectivity index (χ4n) is 2.81. The minimum Gasteiger partial charge on any atom is -0.307 e. The third kappa shape index (κ3) is 5.25. The number of rotatable bonds is 9. The van der Waals surface area contributed by atoms with Crippen molar-refractivity contribution in [2.24, 2.45) is 5.92 Å². The van der Waals surface area contributed by atoms with Crippen LogP contribution in [0, 0.1) is 5.92 Å². The van der Waals surface area contributed by atoms with Gasteiger partial charge in [0, 0.05) is 25.0 Å². The number of benzene rings is 1. The number of Topliss-reactive ketones (excluding diaryl/α,β-unsaturated/α-hetero) is 1. The lowest BCUT2D eigenvalue weighted by atomic mass is 9.96. The highest BCUT2D eigenvalue weighted by molar-refractivity contribution is 5.86. The molecule has 0 aliphatic carbocycles. The summed E-state index contributed by atoms with van der Waals surface area (Å²) in [5, 5.41) is 6.93. The number of ketones is 1. The van der Waals surface area contributed by atoms with Gasteiger partial charge in [-0.1, -0.05) is 51.1 Å². The van der Waals surface area contributed by atoms with Crippen molar-refractivity contribution in [2.75, 3.05) is 6.54 Å². The molecular formula is C18H28N2O. The van der Waals surface area contributed by atoms with Gasteiger partial charge in [0.15, 0.2) is 5.78 Å². The summed E-state index contributed by atoms with van der Waals surface area (Å²) in [5.41, 5.74) is 1.11. The van der Waals surface area contributed by atoms with Crippen molar-refractivity contribution in [3.63, 3.8) is 0 Å².